The van der Waals surface area contributed by atoms with E-state index in [2.05, 4.69) is 8.75 Å². The lowest BCUT2D eigenvalue weighted by Crippen LogP contribution is -2.51. The second kappa shape index (κ2) is 7.58. The summed E-state index contributed by atoms with van der Waals surface area (Å²) in [6, 6.07) is 9.73. The normalized spacial score (nSPS) is 27.1. The molecule has 0 radical (unpaired) electrons. The monoisotopic (exact) mass is 433 g/mol. The number of para-hydroxylation sites is 1. The maximum absolute atomic E-state index is 11.6. The summed E-state index contributed by atoms with van der Waals surface area (Å²) in [6.45, 7) is 1.93. The van der Waals surface area contributed by atoms with Gasteiger partial charge in [-0.25, -0.2) is 14.5 Å². The van der Waals surface area contributed by atoms with Gasteiger partial charge in [0.25, 0.3) is 0 Å². The Kier molecular flexibility index (Phi) is 4.92. The van der Waals surface area contributed by atoms with E-state index in [1.54, 1.807) is 11.8 Å². The van der Waals surface area contributed by atoms with Gasteiger partial charge in [-0.3, -0.25) is 0 Å². The molecule has 3 unspecified atom stereocenters. The van der Waals surface area contributed by atoms with Crippen molar-refractivity contribution in [2.75, 3.05) is 25.4 Å². The van der Waals surface area contributed by atoms with Crippen molar-refractivity contribution in [3.05, 3.63) is 36.0 Å². The third-order valence-corrected chi connectivity index (χ3v) is 7.19. The number of carbonyl (C=O) groups excluding carboxylic acids is 2. The highest BCUT2D eigenvalue weighted by atomic mass is 32.2. The van der Waals surface area contributed by atoms with E-state index >= 15 is 0 Å². The molecule has 5 rings (SSSR count). The Labute approximate surface area is 175 Å². The van der Waals surface area contributed by atoms with Gasteiger partial charge in [0, 0.05) is 31.2 Å². The predicted octanol–water partition coefficient (Wildman–Crippen LogP) is 2.27. The number of rotatable bonds is 6. The molecule has 0 saturated carbocycles. The van der Waals surface area contributed by atoms with Crippen molar-refractivity contribution >= 4 is 35.4 Å². The molecule has 3 saturated heterocycles. The fourth-order valence-corrected chi connectivity index (χ4v) is 5.82. The maximum Gasteiger partial charge on any atom is 0.421 e. The van der Waals surface area contributed by atoms with Crippen LogP contribution in [0.4, 0.5) is 0 Å². The zero-order chi connectivity index (χ0) is 19.8. The Morgan fingerprint density at radius 1 is 1.17 bits per heavy atom. The fraction of sp³-hybridized carbons (Fsp3) is 0.474. The van der Waals surface area contributed by atoms with Gasteiger partial charge in [-0.1, -0.05) is 30.0 Å². The number of hydrogen-bond donors (Lipinski definition) is 0. The molecule has 1 aromatic carbocycles. The van der Waals surface area contributed by atoms with E-state index in [1.807, 2.05) is 35.2 Å². The largest absolute Gasteiger partial charge is 0.493 e. The van der Waals surface area contributed by atoms with E-state index in [1.165, 1.54) is 11.7 Å². The average Bonchev–Trinajstić information content (AvgIpc) is 3.40. The number of aromatic nitrogens is 2. The van der Waals surface area contributed by atoms with Crippen molar-refractivity contribution in [3.8, 4) is 5.75 Å². The van der Waals surface area contributed by atoms with Crippen molar-refractivity contribution in [2.45, 2.75) is 29.7 Å². The van der Waals surface area contributed by atoms with Gasteiger partial charge in [0.2, 0.25) is 0 Å². The van der Waals surface area contributed by atoms with Gasteiger partial charge in [0.15, 0.2) is 0 Å². The van der Waals surface area contributed by atoms with Gasteiger partial charge >= 0.3 is 17.8 Å². The average molecular weight is 434 g/mol. The smallest absolute Gasteiger partial charge is 0.421 e. The van der Waals surface area contributed by atoms with Gasteiger partial charge in [-0.05, 0) is 24.5 Å². The van der Waals surface area contributed by atoms with Crippen LogP contribution in [0.1, 0.15) is 24.5 Å². The second-order valence-corrected chi connectivity index (χ2v) is 8.88. The first-order chi connectivity index (χ1) is 14.1. The summed E-state index contributed by atoms with van der Waals surface area (Å²) < 4.78 is 25.4. The SMILES string of the molecule is O=C1OC2(CCC3CN2CC3c2nsnc2SCCOc2ccccc2)OC1=O. The summed E-state index contributed by atoms with van der Waals surface area (Å²) in [5.74, 6) is -0.847. The fourth-order valence-electron chi connectivity index (χ4n) is 4.23. The Bertz CT molecular complexity index is 906. The summed E-state index contributed by atoms with van der Waals surface area (Å²) in [5, 5.41) is 0.930. The van der Waals surface area contributed by atoms with E-state index < -0.39 is 17.8 Å². The summed E-state index contributed by atoms with van der Waals surface area (Å²) in [4.78, 5) is 25.1. The standard InChI is InChI=1S/C19H19N3O5S2/c23-17-18(24)27-19(26-17)7-6-12-10-22(19)11-14(12)15-16(21-29-20-15)28-9-8-25-13-4-2-1-3-5-13/h1-5,12,14H,6-11H2. The van der Waals surface area contributed by atoms with Crippen molar-refractivity contribution in [1.82, 2.24) is 13.6 Å². The zero-order valence-corrected chi connectivity index (χ0v) is 17.1. The number of hydrogen-bond acceptors (Lipinski definition) is 10. The van der Waals surface area contributed by atoms with E-state index in [9.17, 15) is 9.59 Å². The van der Waals surface area contributed by atoms with Crippen LogP contribution in [0.3, 0.4) is 0 Å². The Morgan fingerprint density at radius 2 is 1.97 bits per heavy atom. The van der Waals surface area contributed by atoms with Crippen molar-refractivity contribution in [3.63, 3.8) is 0 Å². The quantitative estimate of drug-likeness (QED) is 0.294. The number of piperidine rings is 1. The summed E-state index contributed by atoms with van der Waals surface area (Å²) in [6.07, 6.45) is 1.30. The number of nitrogens with zero attached hydrogens (tertiary/aromatic N) is 3. The predicted molar refractivity (Wildman–Crippen MR) is 105 cm³/mol. The van der Waals surface area contributed by atoms with Crippen molar-refractivity contribution in [1.29, 1.82) is 0 Å². The first-order valence-electron chi connectivity index (χ1n) is 9.49. The van der Waals surface area contributed by atoms with Crippen LogP contribution in [-0.4, -0.2) is 56.9 Å². The molecule has 0 amide bonds. The van der Waals surface area contributed by atoms with Crippen molar-refractivity contribution in [2.24, 2.45) is 5.92 Å². The highest BCUT2D eigenvalue weighted by molar-refractivity contribution is 7.99. The maximum atomic E-state index is 11.6. The molecule has 3 aliphatic rings. The molecule has 4 heterocycles. The van der Waals surface area contributed by atoms with Crippen LogP contribution in [0.15, 0.2) is 35.4 Å². The molecule has 1 spiro atoms. The van der Waals surface area contributed by atoms with Crippen LogP contribution in [0.25, 0.3) is 0 Å². The molecule has 3 fully saturated rings. The summed E-state index contributed by atoms with van der Waals surface area (Å²) >= 11 is 2.86. The van der Waals surface area contributed by atoms with Gasteiger partial charge in [0.1, 0.15) is 10.8 Å². The van der Waals surface area contributed by atoms with Crippen LogP contribution in [-0.2, 0) is 19.1 Å². The molecule has 2 bridgehead atoms. The Balaban J connectivity index is 1.22. The third-order valence-electron chi connectivity index (χ3n) is 5.59. The van der Waals surface area contributed by atoms with Crippen LogP contribution in [0, 0.1) is 5.92 Å². The Hall–Kier alpha value is -2.17. The highest BCUT2D eigenvalue weighted by Gasteiger charge is 2.59. The molecule has 1 aromatic heterocycles. The Morgan fingerprint density at radius 3 is 2.76 bits per heavy atom. The minimum Gasteiger partial charge on any atom is -0.493 e. The summed E-state index contributed by atoms with van der Waals surface area (Å²) in [5.41, 5.74) is 0.986. The number of benzene rings is 1. The van der Waals surface area contributed by atoms with Gasteiger partial charge < -0.3 is 14.2 Å². The molecule has 3 aliphatic heterocycles. The molecule has 3 atom stereocenters. The van der Waals surface area contributed by atoms with Crippen LogP contribution in [0.5, 0.6) is 5.75 Å². The van der Waals surface area contributed by atoms with E-state index in [0.29, 0.717) is 32.0 Å². The second-order valence-electron chi connectivity index (χ2n) is 7.27. The molecule has 0 aliphatic carbocycles. The lowest BCUT2D eigenvalue weighted by molar-refractivity contribution is -0.257. The lowest BCUT2D eigenvalue weighted by atomic mass is 9.88. The number of carbonyl (C=O) groups is 2. The minimum atomic E-state index is -1.22. The third kappa shape index (κ3) is 3.49. The highest BCUT2D eigenvalue weighted by Crippen LogP contribution is 2.48. The first kappa shape index (κ1) is 18.8. The first-order valence-corrected chi connectivity index (χ1v) is 11.2. The molecule has 29 heavy (non-hydrogen) atoms. The molecule has 152 valence electrons. The van der Waals surface area contributed by atoms with Gasteiger partial charge in [-0.2, -0.15) is 8.75 Å². The molecule has 0 N–H and O–H groups in total. The van der Waals surface area contributed by atoms with E-state index in [0.717, 1.165) is 28.6 Å². The zero-order valence-electron chi connectivity index (χ0n) is 15.5. The molecular weight excluding hydrogens is 414 g/mol. The van der Waals surface area contributed by atoms with Crippen molar-refractivity contribution < 1.29 is 23.8 Å². The van der Waals surface area contributed by atoms with Crippen LogP contribution < -0.4 is 4.74 Å². The number of fused-ring (bicyclic) bond motifs is 3. The summed E-state index contributed by atoms with van der Waals surface area (Å²) in [7, 11) is 0. The molecular formula is C19H19N3O5S2. The molecule has 8 nitrogen and oxygen atoms in total. The van der Waals surface area contributed by atoms with Gasteiger partial charge in [0.05, 0.1) is 24.0 Å². The van der Waals surface area contributed by atoms with Crippen LogP contribution >= 0.6 is 23.5 Å². The molecule has 10 heteroatoms. The van der Waals surface area contributed by atoms with E-state index in [4.69, 9.17) is 14.2 Å². The minimum absolute atomic E-state index is 0.184. The van der Waals surface area contributed by atoms with Crippen LogP contribution in [0.2, 0.25) is 0 Å². The number of esters is 2. The number of thioether (sulfide) groups is 1. The van der Waals surface area contributed by atoms with E-state index in [-0.39, 0.29) is 5.92 Å². The number of ether oxygens (including phenoxy) is 3. The molecule has 2 aromatic rings. The topological polar surface area (TPSA) is 90.8 Å². The van der Waals surface area contributed by atoms with Gasteiger partial charge in [-0.15, -0.1) is 0 Å². The lowest BCUT2D eigenvalue weighted by Gasteiger charge is -2.37.